The van der Waals surface area contributed by atoms with Gasteiger partial charge in [0.15, 0.2) is 0 Å². The molecule has 0 bridgehead atoms. The van der Waals surface area contributed by atoms with Crippen LogP contribution in [0, 0.1) is 5.92 Å². The third kappa shape index (κ3) is 5.99. The molecule has 0 heterocycles. The van der Waals surface area contributed by atoms with E-state index in [1.807, 2.05) is 0 Å². The molecule has 0 aliphatic rings. The van der Waals surface area contributed by atoms with Gasteiger partial charge in [0.1, 0.15) is 4.84 Å². The molecule has 0 aromatic heterocycles. The Bertz CT molecular complexity index is 188. The van der Waals surface area contributed by atoms with Crippen molar-refractivity contribution in [2.75, 3.05) is 0 Å². The molecule has 1 nitrogen and oxygen atoms in total. The van der Waals surface area contributed by atoms with Crippen LogP contribution in [-0.4, -0.2) is 16.0 Å². The van der Waals surface area contributed by atoms with E-state index in [9.17, 15) is 0 Å². The van der Waals surface area contributed by atoms with Gasteiger partial charge in [-0.1, -0.05) is 13.8 Å². The third-order valence-corrected chi connectivity index (χ3v) is 3.47. The van der Waals surface area contributed by atoms with Crippen LogP contribution < -0.4 is 0 Å². The summed E-state index contributed by atoms with van der Waals surface area (Å²) >= 11 is 11.6. The van der Waals surface area contributed by atoms with Crippen LogP contribution in [0.4, 0.5) is 0 Å². The molecule has 0 saturated carbocycles. The molecular formula is C12H24Cl2O. The van der Waals surface area contributed by atoms with Crippen LogP contribution in [0.5, 0.6) is 0 Å². The van der Waals surface area contributed by atoms with Crippen LogP contribution in [0.15, 0.2) is 0 Å². The van der Waals surface area contributed by atoms with Crippen molar-refractivity contribution in [2.24, 2.45) is 5.92 Å². The molecule has 0 radical (unpaired) electrons. The number of hydrogen-bond acceptors (Lipinski definition) is 1. The topological polar surface area (TPSA) is 9.23 Å². The molecule has 0 aromatic rings. The molecule has 1 atom stereocenters. The van der Waals surface area contributed by atoms with Gasteiger partial charge < -0.3 is 4.74 Å². The van der Waals surface area contributed by atoms with E-state index in [0.717, 1.165) is 12.8 Å². The molecule has 0 spiro atoms. The zero-order valence-corrected chi connectivity index (χ0v) is 12.2. The van der Waals surface area contributed by atoms with Crippen molar-refractivity contribution in [3.8, 4) is 0 Å². The number of halogens is 2. The predicted octanol–water partition coefficient (Wildman–Crippen LogP) is 4.80. The van der Waals surface area contributed by atoms with E-state index in [2.05, 4.69) is 41.5 Å². The molecule has 0 aromatic carbocycles. The van der Waals surface area contributed by atoms with Gasteiger partial charge in [-0.2, -0.15) is 0 Å². The van der Waals surface area contributed by atoms with Gasteiger partial charge >= 0.3 is 0 Å². The number of alkyl halides is 2. The van der Waals surface area contributed by atoms with Crippen molar-refractivity contribution < 1.29 is 4.74 Å². The summed E-state index contributed by atoms with van der Waals surface area (Å²) in [6.07, 6.45) is 1.75. The van der Waals surface area contributed by atoms with E-state index < -0.39 is 0 Å². The first-order chi connectivity index (χ1) is 6.60. The highest BCUT2D eigenvalue weighted by Crippen LogP contribution is 2.32. The number of hydrogen-bond donors (Lipinski definition) is 0. The molecule has 0 rings (SSSR count). The Labute approximate surface area is 104 Å². The second-order valence-corrected chi connectivity index (χ2v) is 6.62. The molecule has 1 unspecified atom stereocenters. The van der Waals surface area contributed by atoms with Crippen LogP contribution in [0.1, 0.15) is 54.4 Å². The third-order valence-electron chi connectivity index (χ3n) is 3.11. The molecule has 0 amide bonds. The average molecular weight is 255 g/mol. The summed E-state index contributed by atoms with van der Waals surface area (Å²) in [5.74, 6) is 0.336. The number of rotatable bonds is 6. The molecule has 15 heavy (non-hydrogen) atoms. The number of ether oxygens (including phenoxy) is 1. The lowest BCUT2D eigenvalue weighted by Gasteiger charge is -2.40. The smallest absolute Gasteiger partial charge is 0.108 e. The predicted molar refractivity (Wildman–Crippen MR) is 68.8 cm³/mol. The van der Waals surface area contributed by atoms with E-state index in [4.69, 9.17) is 27.9 Å². The monoisotopic (exact) mass is 254 g/mol. The molecule has 0 aliphatic heterocycles. The molecule has 0 aliphatic carbocycles. The van der Waals surface area contributed by atoms with Crippen LogP contribution in [-0.2, 0) is 4.74 Å². The van der Waals surface area contributed by atoms with Gasteiger partial charge in [0.05, 0.1) is 11.2 Å². The lowest BCUT2D eigenvalue weighted by Crippen LogP contribution is -2.41. The SMILES string of the molecule is CCC(C)(C)OC(C)(C)C(C)CC(Cl)Cl. The summed E-state index contributed by atoms with van der Waals surface area (Å²) < 4.78 is 6.12. The fraction of sp³-hybridized carbons (Fsp3) is 1.00. The summed E-state index contributed by atoms with van der Waals surface area (Å²) in [5, 5.41) is 0. The Kier molecular flexibility index (Phi) is 5.95. The van der Waals surface area contributed by atoms with E-state index in [0.29, 0.717) is 5.92 Å². The zero-order chi connectivity index (χ0) is 12.3. The lowest BCUT2D eigenvalue weighted by atomic mass is 9.89. The summed E-state index contributed by atoms with van der Waals surface area (Å²) in [5.41, 5.74) is -0.284. The summed E-state index contributed by atoms with van der Waals surface area (Å²) in [6.45, 7) is 12.7. The normalized spacial score (nSPS) is 15.8. The van der Waals surface area contributed by atoms with Gasteiger partial charge in [0.25, 0.3) is 0 Å². The van der Waals surface area contributed by atoms with Crippen LogP contribution in [0.3, 0.4) is 0 Å². The fourth-order valence-electron chi connectivity index (χ4n) is 1.44. The molecular weight excluding hydrogens is 231 g/mol. The second-order valence-electron chi connectivity index (χ2n) is 5.35. The Morgan fingerprint density at radius 3 is 1.93 bits per heavy atom. The minimum absolute atomic E-state index is 0.0914. The maximum Gasteiger partial charge on any atom is 0.108 e. The molecule has 0 N–H and O–H groups in total. The van der Waals surface area contributed by atoms with Crippen molar-refractivity contribution >= 4 is 23.2 Å². The Hall–Kier alpha value is 0.540. The largest absolute Gasteiger partial charge is 0.369 e. The van der Waals surface area contributed by atoms with Crippen molar-refractivity contribution in [2.45, 2.75) is 70.4 Å². The minimum atomic E-state index is -0.312. The molecule has 3 heteroatoms. The molecule has 0 fully saturated rings. The van der Waals surface area contributed by atoms with Crippen molar-refractivity contribution in [3.63, 3.8) is 0 Å². The van der Waals surface area contributed by atoms with Crippen molar-refractivity contribution in [3.05, 3.63) is 0 Å². The quantitative estimate of drug-likeness (QED) is 0.619. The van der Waals surface area contributed by atoms with Crippen molar-refractivity contribution in [1.29, 1.82) is 0 Å². The van der Waals surface area contributed by atoms with Crippen molar-refractivity contribution in [1.82, 2.24) is 0 Å². The standard InChI is InChI=1S/C12H24Cl2O/c1-7-11(3,4)15-12(5,6)9(2)8-10(13)14/h9-10H,7-8H2,1-6H3. The molecule has 92 valence electrons. The van der Waals surface area contributed by atoms with Crippen LogP contribution in [0.2, 0.25) is 0 Å². The Balaban J connectivity index is 4.40. The first kappa shape index (κ1) is 15.5. The van der Waals surface area contributed by atoms with Gasteiger partial charge in [0.2, 0.25) is 0 Å². The van der Waals surface area contributed by atoms with Crippen LogP contribution >= 0.6 is 23.2 Å². The highest BCUT2D eigenvalue weighted by Gasteiger charge is 2.33. The minimum Gasteiger partial charge on any atom is -0.369 e. The summed E-state index contributed by atoms with van der Waals surface area (Å²) in [7, 11) is 0. The second kappa shape index (κ2) is 5.75. The van der Waals surface area contributed by atoms with Gasteiger partial charge in [-0.25, -0.2) is 0 Å². The van der Waals surface area contributed by atoms with E-state index in [-0.39, 0.29) is 16.0 Å². The first-order valence-electron chi connectivity index (χ1n) is 5.59. The van der Waals surface area contributed by atoms with Gasteiger partial charge in [-0.3, -0.25) is 0 Å². The van der Waals surface area contributed by atoms with E-state index in [1.54, 1.807) is 0 Å². The first-order valence-corrected chi connectivity index (χ1v) is 6.46. The summed E-state index contributed by atoms with van der Waals surface area (Å²) in [6, 6.07) is 0. The van der Waals surface area contributed by atoms with Gasteiger partial charge in [0, 0.05) is 0 Å². The maximum atomic E-state index is 6.12. The lowest BCUT2D eigenvalue weighted by molar-refractivity contribution is -0.148. The highest BCUT2D eigenvalue weighted by molar-refractivity contribution is 6.44. The van der Waals surface area contributed by atoms with E-state index in [1.165, 1.54) is 0 Å². The van der Waals surface area contributed by atoms with Gasteiger partial charge in [-0.15, -0.1) is 23.2 Å². The van der Waals surface area contributed by atoms with Crippen LogP contribution in [0.25, 0.3) is 0 Å². The van der Waals surface area contributed by atoms with Gasteiger partial charge in [-0.05, 0) is 46.5 Å². The fourth-order valence-corrected chi connectivity index (χ4v) is 1.97. The van der Waals surface area contributed by atoms with E-state index >= 15 is 0 Å². The maximum absolute atomic E-state index is 6.12. The zero-order valence-electron chi connectivity index (χ0n) is 10.7. The Morgan fingerprint density at radius 1 is 1.13 bits per heavy atom. The Morgan fingerprint density at radius 2 is 1.60 bits per heavy atom. The highest BCUT2D eigenvalue weighted by atomic mass is 35.5. The average Bonchev–Trinajstić information content (AvgIpc) is 2.01. The molecule has 0 saturated heterocycles. The summed E-state index contributed by atoms with van der Waals surface area (Å²) in [4.78, 5) is -0.312.